The quantitative estimate of drug-likeness (QED) is 0.0724. The van der Waals surface area contributed by atoms with Crippen molar-refractivity contribution in [3.05, 3.63) is 60.2 Å². The number of halogens is 2. The lowest BCUT2D eigenvalue weighted by molar-refractivity contribution is -0.105. The number of carbonyl (C=O) groups excluding carboxylic acids is 1. The first-order valence-electron chi connectivity index (χ1n) is 14.0. The van der Waals surface area contributed by atoms with Crippen LogP contribution in [0.1, 0.15) is 26.3 Å². The fourth-order valence-electron chi connectivity index (χ4n) is 3.93. The average Bonchev–Trinajstić information content (AvgIpc) is 3.48. The first-order valence-corrected chi connectivity index (χ1v) is 18.0. The molecule has 15 heteroatoms. The summed E-state index contributed by atoms with van der Waals surface area (Å²) in [5.74, 6) is 0.570. The van der Waals surface area contributed by atoms with Crippen molar-refractivity contribution in [2.75, 3.05) is 39.4 Å². The molecule has 0 aliphatic heterocycles. The van der Waals surface area contributed by atoms with Gasteiger partial charge >= 0.3 is 0 Å². The van der Waals surface area contributed by atoms with Gasteiger partial charge in [0.05, 0.1) is 47.8 Å². The molecule has 0 aliphatic carbocycles. The fourth-order valence-corrected chi connectivity index (χ4v) is 4.92. The molecule has 5 aromatic rings. The zero-order chi connectivity index (χ0) is 34.1. The number of thiazole rings is 1. The highest BCUT2D eigenvalue weighted by atomic mass is 127. The van der Waals surface area contributed by atoms with Crippen LogP contribution in [0.2, 0.25) is 0 Å². The molecule has 0 saturated heterocycles. The van der Waals surface area contributed by atoms with Crippen LogP contribution in [0.4, 0.5) is 10.1 Å². The highest BCUT2D eigenvalue weighted by molar-refractivity contribution is 14.2. The number of aliphatic hydroxyl groups excluding tert-OH is 1. The van der Waals surface area contributed by atoms with E-state index in [0.717, 1.165) is 31.9 Å². The number of anilines is 1. The Balaban J connectivity index is 0.000000364. The van der Waals surface area contributed by atoms with Crippen LogP contribution in [0.25, 0.3) is 31.8 Å². The first-order chi connectivity index (χ1) is 22.3. The van der Waals surface area contributed by atoms with Gasteiger partial charge in [-0.25, -0.2) is 24.3 Å². The van der Waals surface area contributed by atoms with Gasteiger partial charge in [-0.1, -0.05) is 13.8 Å². The van der Waals surface area contributed by atoms with Crippen molar-refractivity contribution < 1.29 is 33.2 Å². The molecule has 2 aromatic carbocycles. The molecule has 46 heavy (non-hydrogen) atoms. The minimum atomic E-state index is -0.448. The van der Waals surface area contributed by atoms with E-state index in [0.29, 0.717) is 36.0 Å². The van der Waals surface area contributed by atoms with Crippen LogP contribution in [0, 0.1) is 12.7 Å². The zero-order valence-corrected chi connectivity index (χ0v) is 30.2. The standard InChI is InChI=1S/C21H20FN3O3S.C8H10N2O3.C2H6.HIS/c1-11-5-13(20-16(6-11)24-19(27-4)9-23-20)21-25-15-7-14(22)17(8-18(15)29-21)28-12(2)10-26-3;11-3-4-13-8-5-7(10-6-12)1-2-9-8;2*1-2/h5-9,12H,10H2,1-4H3;1-2,5-6,11H,3-4H2,(H,9,10,12);1-2H3;2H. The number of rotatable bonds is 11. The van der Waals surface area contributed by atoms with Crippen LogP contribution in [-0.2, 0) is 9.53 Å². The lowest BCUT2D eigenvalue weighted by Gasteiger charge is -2.14. The van der Waals surface area contributed by atoms with E-state index < -0.39 is 5.82 Å². The minimum absolute atomic E-state index is 0.0625. The normalized spacial score (nSPS) is 10.7. The molecule has 1 unspecified atom stereocenters. The average molecular weight is 786 g/mol. The predicted octanol–water partition coefficient (Wildman–Crippen LogP) is 7.09. The Bertz CT molecular complexity index is 1680. The lowest BCUT2D eigenvalue weighted by atomic mass is 10.1. The third kappa shape index (κ3) is 11.2. The molecule has 1 atom stereocenters. The number of aryl methyl sites for hydroxylation is 1. The summed E-state index contributed by atoms with van der Waals surface area (Å²) in [6.45, 7) is 8.32. The van der Waals surface area contributed by atoms with Gasteiger partial charge in [-0.2, -0.15) is 0 Å². The monoisotopic (exact) mass is 785 g/mol. The number of amides is 1. The number of hydrogen-bond donors (Lipinski definition) is 3. The maximum Gasteiger partial charge on any atom is 0.232 e. The largest absolute Gasteiger partial charge is 0.485 e. The molecule has 3 aromatic heterocycles. The smallest absolute Gasteiger partial charge is 0.232 e. The topological polar surface area (TPSA) is 138 Å². The predicted molar refractivity (Wildman–Crippen MR) is 192 cm³/mol. The van der Waals surface area contributed by atoms with Crippen LogP contribution >= 0.6 is 42.3 Å². The third-order valence-corrected chi connectivity index (χ3v) is 6.73. The van der Waals surface area contributed by atoms with E-state index in [1.54, 1.807) is 38.6 Å². The molecule has 0 radical (unpaired) electrons. The van der Waals surface area contributed by atoms with Crippen molar-refractivity contribution >= 4 is 75.7 Å². The number of hydrogen-bond acceptors (Lipinski definition) is 12. The molecule has 5 rings (SSSR count). The molecule has 0 aliphatic rings. The Morgan fingerprint density at radius 2 is 1.85 bits per heavy atom. The molecule has 0 spiro atoms. The van der Waals surface area contributed by atoms with E-state index in [4.69, 9.17) is 24.1 Å². The number of benzene rings is 2. The second-order valence-corrected chi connectivity index (χ2v) is 9.99. The summed E-state index contributed by atoms with van der Waals surface area (Å²) in [4.78, 5) is 27.6. The number of fused-ring (bicyclic) bond motifs is 2. The van der Waals surface area contributed by atoms with Gasteiger partial charge in [-0.15, -0.1) is 21.1 Å². The molecule has 248 valence electrons. The molecule has 1 amide bonds. The van der Waals surface area contributed by atoms with Gasteiger partial charge in [0.2, 0.25) is 18.2 Å². The number of ether oxygens (including phenoxy) is 4. The van der Waals surface area contributed by atoms with Gasteiger partial charge in [0.1, 0.15) is 17.7 Å². The Morgan fingerprint density at radius 3 is 2.52 bits per heavy atom. The van der Waals surface area contributed by atoms with Gasteiger partial charge in [0.15, 0.2) is 11.6 Å². The number of thiol groups is 1. The zero-order valence-electron chi connectivity index (χ0n) is 26.3. The first kappa shape index (κ1) is 38.8. The highest BCUT2D eigenvalue weighted by Gasteiger charge is 2.17. The summed E-state index contributed by atoms with van der Waals surface area (Å²) in [5, 5.41) is 11.7. The Morgan fingerprint density at radius 1 is 1.09 bits per heavy atom. The Kier molecular flexibility index (Phi) is 17.4. The number of carbonyl (C=O) groups is 1. The summed E-state index contributed by atoms with van der Waals surface area (Å²) in [6, 6.07) is 10.3. The number of methoxy groups -OCH3 is 2. The van der Waals surface area contributed by atoms with E-state index >= 15 is 0 Å². The van der Waals surface area contributed by atoms with Crippen LogP contribution in [0.15, 0.2) is 48.8 Å². The lowest BCUT2D eigenvalue weighted by Crippen LogP contribution is -2.18. The van der Waals surface area contributed by atoms with Crippen molar-refractivity contribution in [3.63, 3.8) is 0 Å². The molecular weight excluding hydrogens is 748 g/mol. The van der Waals surface area contributed by atoms with Crippen molar-refractivity contribution in [2.45, 2.75) is 33.8 Å². The minimum Gasteiger partial charge on any atom is -0.485 e. The molecule has 0 bridgehead atoms. The van der Waals surface area contributed by atoms with Gasteiger partial charge in [-0.05, 0) is 58.8 Å². The SMILES string of the molecule is CC.COCC(C)Oc1cc2sc(-c3cc(C)cc4nc(OC)cnc34)nc2cc1F.O=CNc1ccnc(OCCO)c1.SI. The molecular formula is C31H37FIN5O6S2. The van der Waals surface area contributed by atoms with Crippen molar-refractivity contribution in [3.8, 4) is 28.1 Å². The number of pyridine rings is 1. The van der Waals surface area contributed by atoms with E-state index in [1.807, 2.05) is 61.0 Å². The summed E-state index contributed by atoms with van der Waals surface area (Å²) in [7, 11) is 6.64. The van der Waals surface area contributed by atoms with Crippen molar-refractivity contribution in [1.82, 2.24) is 19.9 Å². The second-order valence-electron chi connectivity index (χ2n) is 8.96. The summed E-state index contributed by atoms with van der Waals surface area (Å²) in [6.07, 6.45) is 3.41. The van der Waals surface area contributed by atoms with Crippen LogP contribution in [0.5, 0.6) is 17.5 Å². The summed E-state index contributed by atoms with van der Waals surface area (Å²) < 4.78 is 36.3. The number of aliphatic hydroxyl groups is 1. The number of nitrogens with one attached hydrogen (secondary N) is 1. The Labute approximate surface area is 288 Å². The fraction of sp³-hybridized carbons (Fsp3) is 0.323. The van der Waals surface area contributed by atoms with Crippen LogP contribution < -0.4 is 19.5 Å². The maximum atomic E-state index is 14.5. The van der Waals surface area contributed by atoms with Crippen LogP contribution in [0.3, 0.4) is 0 Å². The van der Waals surface area contributed by atoms with Crippen LogP contribution in [-0.4, -0.2) is 71.6 Å². The number of nitrogens with zero attached hydrogens (tertiary/aromatic N) is 4. The number of aromatic nitrogens is 4. The van der Waals surface area contributed by atoms with Gasteiger partial charge < -0.3 is 29.4 Å². The second kappa shape index (κ2) is 20.7. The molecule has 0 fully saturated rings. The molecule has 11 nitrogen and oxygen atoms in total. The van der Waals surface area contributed by atoms with Crippen molar-refractivity contribution in [1.29, 1.82) is 0 Å². The summed E-state index contributed by atoms with van der Waals surface area (Å²) >= 11 is 3.30. The van der Waals surface area contributed by atoms with E-state index in [-0.39, 0.29) is 25.1 Å². The van der Waals surface area contributed by atoms with Gasteiger partial charge in [0, 0.05) is 42.8 Å². The van der Waals surface area contributed by atoms with E-state index in [1.165, 1.54) is 23.6 Å². The molecule has 2 N–H and O–H groups in total. The van der Waals surface area contributed by atoms with E-state index in [2.05, 4.69) is 35.1 Å². The Hall–Kier alpha value is -3.38. The van der Waals surface area contributed by atoms with Gasteiger partial charge in [0.25, 0.3) is 0 Å². The highest BCUT2D eigenvalue weighted by Crippen LogP contribution is 2.37. The van der Waals surface area contributed by atoms with Gasteiger partial charge in [-0.3, -0.25) is 4.79 Å². The van der Waals surface area contributed by atoms with Crippen molar-refractivity contribution in [2.24, 2.45) is 0 Å². The third-order valence-electron chi connectivity index (χ3n) is 5.68. The van der Waals surface area contributed by atoms with E-state index in [9.17, 15) is 9.18 Å². The molecule has 3 heterocycles. The maximum absolute atomic E-state index is 14.5. The summed E-state index contributed by atoms with van der Waals surface area (Å²) in [5.41, 5.74) is 4.51. The molecule has 0 saturated carbocycles.